The van der Waals surface area contributed by atoms with Crippen LogP contribution < -0.4 is 10.6 Å². The molecule has 3 aromatic carbocycles. The van der Waals surface area contributed by atoms with Gasteiger partial charge in [0.2, 0.25) is 5.91 Å². The Bertz CT molecular complexity index is 1350. The predicted octanol–water partition coefficient (Wildman–Crippen LogP) is 5.38. The molecule has 0 radical (unpaired) electrons. The third-order valence-electron chi connectivity index (χ3n) is 6.56. The van der Waals surface area contributed by atoms with Crippen molar-refractivity contribution >= 4 is 34.4 Å². The number of nitrogens with one attached hydrogen (secondary N) is 2. The van der Waals surface area contributed by atoms with Gasteiger partial charge in [0.15, 0.2) is 0 Å². The number of benzene rings is 3. The molecule has 0 aromatic heterocycles. The summed E-state index contributed by atoms with van der Waals surface area (Å²) >= 11 is 0. The van der Waals surface area contributed by atoms with Gasteiger partial charge in [-0.1, -0.05) is 55.5 Å². The van der Waals surface area contributed by atoms with E-state index >= 15 is 0 Å². The number of phenols is 1. The summed E-state index contributed by atoms with van der Waals surface area (Å²) in [6.45, 7) is 8.78. The van der Waals surface area contributed by atoms with E-state index in [4.69, 9.17) is 4.74 Å². The molecular formula is C30H35N3O5. The second-order valence-electron chi connectivity index (χ2n) is 10.9. The van der Waals surface area contributed by atoms with Crippen LogP contribution >= 0.6 is 0 Å². The Balaban J connectivity index is 1.67. The quantitative estimate of drug-likeness (QED) is 0.390. The zero-order valence-electron chi connectivity index (χ0n) is 22.4. The standard InChI is InChI=1S/C30H35N3O5/c1-18-16-24(18)33(28(36)19(2)31-29(37)38-30(3,4)5)26(23-12-8-9-13-25(23)34)27(35)32-22-15-14-20-10-6-7-11-21(20)17-22/h6-15,17-19,24,26,34H,16H2,1-5H3,(H,31,37)(H,32,35). The highest BCUT2D eigenvalue weighted by molar-refractivity contribution is 6.01. The monoisotopic (exact) mass is 517 g/mol. The van der Waals surface area contributed by atoms with Crippen molar-refractivity contribution in [2.75, 3.05) is 5.32 Å². The van der Waals surface area contributed by atoms with Gasteiger partial charge in [0, 0.05) is 17.3 Å². The molecule has 8 heteroatoms. The van der Waals surface area contributed by atoms with E-state index in [0.29, 0.717) is 17.7 Å². The summed E-state index contributed by atoms with van der Waals surface area (Å²) < 4.78 is 5.32. The average molecular weight is 518 g/mol. The van der Waals surface area contributed by atoms with Gasteiger partial charge in [0.25, 0.3) is 5.91 Å². The Labute approximate surface area is 223 Å². The number of fused-ring (bicyclic) bond motifs is 1. The SMILES string of the molecule is CC(NC(=O)OC(C)(C)C)C(=O)N(C(C(=O)Nc1ccc2ccccc2c1)c1ccccc1O)C1CC1C. The van der Waals surface area contributed by atoms with Crippen LogP contribution in [0.5, 0.6) is 5.75 Å². The summed E-state index contributed by atoms with van der Waals surface area (Å²) in [5.41, 5.74) is 0.156. The van der Waals surface area contributed by atoms with Gasteiger partial charge < -0.3 is 25.4 Å². The first-order valence-electron chi connectivity index (χ1n) is 12.8. The van der Waals surface area contributed by atoms with Crippen LogP contribution in [-0.2, 0) is 14.3 Å². The molecule has 1 fully saturated rings. The molecule has 3 aromatic rings. The third kappa shape index (κ3) is 6.25. The number of anilines is 1. The van der Waals surface area contributed by atoms with Crippen molar-refractivity contribution in [1.29, 1.82) is 0 Å². The fourth-order valence-corrected chi connectivity index (χ4v) is 4.56. The van der Waals surface area contributed by atoms with E-state index in [9.17, 15) is 19.5 Å². The van der Waals surface area contributed by atoms with E-state index in [1.54, 1.807) is 52.0 Å². The van der Waals surface area contributed by atoms with Crippen molar-refractivity contribution in [2.24, 2.45) is 5.92 Å². The molecule has 0 heterocycles. The molecule has 4 rings (SSSR count). The molecule has 1 aliphatic carbocycles. The minimum absolute atomic E-state index is 0.0926. The summed E-state index contributed by atoms with van der Waals surface area (Å²) in [4.78, 5) is 41.6. The zero-order chi connectivity index (χ0) is 27.6. The lowest BCUT2D eigenvalue weighted by Gasteiger charge is -2.34. The van der Waals surface area contributed by atoms with Crippen LogP contribution in [0.25, 0.3) is 10.8 Å². The van der Waals surface area contributed by atoms with Crippen LogP contribution in [-0.4, -0.2) is 45.6 Å². The minimum atomic E-state index is -1.12. The van der Waals surface area contributed by atoms with E-state index in [1.165, 1.54) is 11.0 Å². The van der Waals surface area contributed by atoms with Gasteiger partial charge in [0.05, 0.1) is 0 Å². The average Bonchev–Trinajstić information content (AvgIpc) is 3.57. The second kappa shape index (κ2) is 10.7. The summed E-state index contributed by atoms with van der Waals surface area (Å²) in [7, 11) is 0. The lowest BCUT2D eigenvalue weighted by Crippen LogP contribution is -2.52. The molecule has 0 spiro atoms. The van der Waals surface area contributed by atoms with Gasteiger partial charge in [-0.05, 0) is 69.0 Å². The number of hydrogen-bond acceptors (Lipinski definition) is 5. The molecule has 0 bridgehead atoms. The predicted molar refractivity (Wildman–Crippen MR) is 147 cm³/mol. The third-order valence-corrected chi connectivity index (χ3v) is 6.56. The smallest absolute Gasteiger partial charge is 0.408 e. The van der Waals surface area contributed by atoms with Crippen LogP contribution in [0.3, 0.4) is 0 Å². The first-order valence-corrected chi connectivity index (χ1v) is 12.8. The molecule has 8 nitrogen and oxygen atoms in total. The number of nitrogens with zero attached hydrogens (tertiary/aromatic N) is 1. The van der Waals surface area contributed by atoms with Gasteiger partial charge in [-0.15, -0.1) is 0 Å². The van der Waals surface area contributed by atoms with Gasteiger partial charge in [-0.3, -0.25) is 9.59 Å². The number of carbonyl (C=O) groups excluding carboxylic acids is 3. The van der Waals surface area contributed by atoms with Crippen molar-refractivity contribution < 1.29 is 24.2 Å². The molecule has 38 heavy (non-hydrogen) atoms. The van der Waals surface area contributed by atoms with Gasteiger partial charge in [-0.2, -0.15) is 0 Å². The highest BCUT2D eigenvalue weighted by Crippen LogP contribution is 2.42. The van der Waals surface area contributed by atoms with Crippen LogP contribution in [0, 0.1) is 5.92 Å². The molecule has 3 N–H and O–H groups in total. The Kier molecular flexibility index (Phi) is 7.62. The number of carbonyl (C=O) groups is 3. The van der Waals surface area contributed by atoms with Gasteiger partial charge >= 0.3 is 6.09 Å². The van der Waals surface area contributed by atoms with E-state index in [0.717, 1.165) is 10.8 Å². The Morgan fingerprint density at radius 1 is 1.00 bits per heavy atom. The van der Waals surface area contributed by atoms with Crippen LogP contribution in [0.15, 0.2) is 66.7 Å². The molecular weight excluding hydrogens is 482 g/mol. The first-order chi connectivity index (χ1) is 17.9. The molecule has 1 aliphatic rings. The fourth-order valence-electron chi connectivity index (χ4n) is 4.56. The number of rotatable bonds is 7. The van der Waals surface area contributed by atoms with Crippen molar-refractivity contribution in [3.63, 3.8) is 0 Å². The number of phenolic OH excluding ortho intramolecular Hbond substituents is 1. The van der Waals surface area contributed by atoms with E-state index in [-0.39, 0.29) is 17.7 Å². The Morgan fingerprint density at radius 2 is 1.63 bits per heavy atom. The number of amides is 3. The summed E-state index contributed by atoms with van der Waals surface area (Å²) in [6, 6.07) is 17.6. The van der Waals surface area contributed by atoms with Crippen molar-refractivity contribution in [1.82, 2.24) is 10.2 Å². The number of para-hydroxylation sites is 1. The lowest BCUT2D eigenvalue weighted by atomic mass is 10.0. The number of alkyl carbamates (subject to hydrolysis) is 1. The minimum Gasteiger partial charge on any atom is -0.508 e. The normalized spacial score (nSPS) is 18.2. The van der Waals surface area contributed by atoms with E-state index in [1.807, 2.05) is 43.3 Å². The highest BCUT2D eigenvalue weighted by atomic mass is 16.6. The van der Waals surface area contributed by atoms with Crippen molar-refractivity contribution in [3.05, 3.63) is 72.3 Å². The molecule has 4 atom stereocenters. The maximum absolute atomic E-state index is 13.9. The summed E-state index contributed by atoms with van der Waals surface area (Å²) in [5, 5.41) is 18.3. The molecule has 4 unspecified atom stereocenters. The maximum Gasteiger partial charge on any atom is 0.408 e. The summed E-state index contributed by atoms with van der Waals surface area (Å²) in [5.74, 6) is -0.828. The van der Waals surface area contributed by atoms with E-state index < -0.39 is 35.6 Å². The Hall–Kier alpha value is -4.07. The lowest BCUT2D eigenvalue weighted by molar-refractivity contribution is -0.141. The molecule has 0 aliphatic heterocycles. The molecule has 200 valence electrons. The maximum atomic E-state index is 13.9. The number of hydrogen-bond donors (Lipinski definition) is 3. The molecule has 1 saturated carbocycles. The fraction of sp³-hybridized carbons (Fsp3) is 0.367. The Morgan fingerprint density at radius 3 is 2.26 bits per heavy atom. The van der Waals surface area contributed by atoms with Crippen molar-refractivity contribution in [3.8, 4) is 5.75 Å². The highest BCUT2D eigenvalue weighted by Gasteiger charge is 2.48. The molecule has 0 saturated heterocycles. The van der Waals surface area contributed by atoms with Gasteiger partial charge in [-0.25, -0.2) is 4.79 Å². The van der Waals surface area contributed by atoms with Crippen molar-refractivity contribution in [2.45, 2.75) is 64.8 Å². The van der Waals surface area contributed by atoms with Gasteiger partial charge in [0.1, 0.15) is 23.4 Å². The second-order valence-corrected chi connectivity index (χ2v) is 10.9. The van der Waals surface area contributed by atoms with Crippen LogP contribution in [0.4, 0.5) is 10.5 Å². The topological polar surface area (TPSA) is 108 Å². The van der Waals surface area contributed by atoms with Crippen LogP contribution in [0.2, 0.25) is 0 Å². The largest absolute Gasteiger partial charge is 0.508 e. The summed E-state index contributed by atoms with van der Waals surface area (Å²) in [6.07, 6.45) is -0.0139. The number of ether oxygens (including phenoxy) is 1. The zero-order valence-corrected chi connectivity index (χ0v) is 22.4. The molecule has 3 amide bonds. The first kappa shape index (κ1) is 27.0. The van der Waals surface area contributed by atoms with E-state index in [2.05, 4.69) is 10.6 Å². The number of aromatic hydroxyl groups is 1. The van der Waals surface area contributed by atoms with Crippen LogP contribution in [0.1, 0.15) is 52.6 Å².